The van der Waals surface area contributed by atoms with E-state index in [1.807, 2.05) is 85.8 Å². The highest BCUT2D eigenvalue weighted by molar-refractivity contribution is 5.85. The summed E-state index contributed by atoms with van der Waals surface area (Å²) >= 11 is 0. The Morgan fingerprint density at radius 3 is 2.07 bits per heavy atom. The van der Waals surface area contributed by atoms with Crippen molar-refractivity contribution in [3.8, 4) is 11.5 Å². The topological polar surface area (TPSA) is 64.7 Å². The normalized spacial score (nSPS) is 12.5. The van der Waals surface area contributed by atoms with Gasteiger partial charge in [-0.3, -0.25) is 0 Å². The predicted octanol–water partition coefficient (Wildman–Crippen LogP) is 4.69. The van der Waals surface area contributed by atoms with Crippen LogP contribution in [-0.2, 0) is 13.0 Å². The Morgan fingerprint density at radius 2 is 1.45 bits per heavy atom. The molecular formula is C24H28ClNO3. The van der Waals surface area contributed by atoms with Gasteiger partial charge < -0.3 is 20.3 Å². The third-order valence-electron chi connectivity index (χ3n) is 4.59. The molecule has 0 bridgehead atoms. The van der Waals surface area contributed by atoms with Crippen molar-refractivity contribution in [1.29, 1.82) is 0 Å². The van der Waals surface area contributed by atoms with Crippen LogP contribution in [0.25, 0.3) is 0 Å². The first kappa shape index (κ1) is 22.8. The fourth-order valence-corrected chi connectivity index (χ4v) is 3.06. The first-order chi connectivity index (χ1) is 13.7. The quantitative estimate of drug-likeness (QED) is 0.534. The van der Waals surface area contributed by atoms with Gasteiger partial charge in [-0.25, -0.2) is 0 Å². The first-order valence-electron chi connectivity index (χ1n) is 9.58. The molecule has 0 heterocycles. The minimum Gasteiger partial charge on any atom is -0.490 e. The number of halogens is 1. The van der Waals surface area contributed by atoms with Crippen LogP contribution >= 0.6 is 12.4 Å². The molecule has 2 atom stereocenters. The van der Waals surface area contributed by atoms with E-state index in [1.165, 1.54) is 0 Å². The molecule has 0 amide bonds. The third-order valence-corrected chi connectivity index (χ3v) is 4.59. The summed E-state index contributed by atoms with van der Waals surface area (Å²) in [6, 6.07) is 24.9. The summed E-state index contributed by atoms with van der Waals surface area (Å²) in [5.41, 5.74) is 9.28. The van der Waals surface area contributed by atoms with Gasteiger partial charge in [0.05, 0.1) is 18.8 Å². The zero-order valence-corrected chi connectivity index (χ0v) is 17.3. The Morgan fingerprint density at radius 1 is 0.828 bits per heavy atom. The van der Waals surface area contributed by atoms with Gasteiger partial charge in [0, 0.05) is 6.42 Å². The Labute approximate surface area is 178 Å². The van der Waals surface area contributed by atoms with Crippen LogP contribution in [0.1, 0.15) is 29.7 Å². The van der Waals surface area contributed by atoms with E-state index in [9.17, 15) is 5.11 Å². The van der Waals surface area contributed by atoms with Gasteiger partial charge in [0.2, 0.25) is 0 Å². The molecule has 0 saturated carbocycles. The van der Waals surface area contributed by atoms with Crippen molar-refractivity contribution < 1.29 is 14.6 Å². The van der Waals surface area contributed by atoms with Crippen molar-refractivity contribution in [3.05, 3.63) is 95.6 Å². The molecule has 0 radical (unpaired) electrons. The van der Waals surface area contributed by atoms with Gasteiger partial charge in [-0.2, -0.15) is 0 Å². The largest absolute Gasteiger partial charge is 0.490 e. The van der Waals surface area contributed by atoms with E-state index in [1.54, 1.807) is 0 Å². The summed E-state index contributed by atoms with van der Waals surface area (Å²) in [4.78, 5) is 0. The number of ether oxygens (including phenoxy) is 2. The number of hydrogen-bond acceptors (Lipinski definition) is 4. The van der Waals surface area contributed by atoms with Gasteiger partial charge in [0.1, 0.15) is 6.61 Å². The molecule has 3 rings (SSSR count). The summed E-state index contributed by atoms with van der Waals surface area (Å²) < 4.78 is 11.7. The standard InChI is InChI=1S/C24H27NO3.ClH/c1-2-27-23-16-20(24(25)21(26)15-18-9-5-3-6-10-18)13-14-22(23)28-17-19-11-7-4-8-12-19;/h3-14,16,21,24,26H,2,15,17,25H2,1H3;1H/t21-,24+;/m0./s1. The second kappa shape index (κ2) is 11.5. The second-order valence-corrected chi connectivity index (χ2v) is 6.70. The average molecular weight is 414 g/mol. The highest BCUT2D eigenvalue weighted by atomic mass is 35.5. The molecule has 3 aromatic rings. The van der Waals surface area contributed by atoms with E-state index in [0.29, 0.717) is 31.1 Å². The number of hydrogen-bond donors (Lipinski definition) is 2. The lowest BCUT2D eigenvalue weighted by Gasteiger charge is -2.21. The van der Waals surface area contributed by atoms with Crippen molar-refractivity contribution >= 4 is 12.4 Å². The Balaban J connectivity index is 0.00000300. The summed E-state index contributed by atoms with van der Waals surface area (Å²) in [5, 5.41) is 10.6. The average Bonchev–Trinajstić information content (AvgIpc) is 2.74. The second-order valence-electron chi connectivity index (χ2n) is 6.70. The lowest BCUT2D eigenvalue weighted by Crippen LogP contribution is -2.28. The zero-order chi connectivity index (χ0) is 19.8. The smallest absolute Gasteiger partial charge is 0.161 e. The molecular weight excluding hydrogens is 386 g/mol. The molecule has 0 unspecified atom stereocenters. The van der Waals surface area contributed by atoms with Crippen LogP contribution in [0, 0.1) is 0 Å². The van der Waals surface area contributed by atoms with Crippen molar-refractivity contribution in [2.24, 2.45) is 5.73 Å². The van der Waals surface area contributed by atoms with Crippen LogP contribution in [-0.4, -0.2) is 17.8 Å². The van der Waals surface area contributed by atoms with Gasteiger partial charge in [0.25, 0.3) is 0 Å². The van der Waals surface area contributed by atoms with E-state index in [-0.39, 0.29) is 12.4 Å². The maximum Gasteiger partial charge on any atom is 0.161 e. The van der Waals surface area contributed by atoms with E-state index >= 15 is 0 Å². The molecule has 0 spiro atoms. The Kier molecular flexibility index (Phi) is 9.00. The molecule has 0 aliphatic carbocycles. The molecule has 3 aromatic carbocycles. The maximum atomic E-state index is 10.6. The van der Waals surface area contributed by atoms with Crippen molar-refractivity contribution in [1.82, 2.24) is 0 Å². The minimum absolute atomic E-state index is 0. The highest BCUT2D eigenvalue weighted by Gasteiger charge is 2.19. The number of aliphatic hydroxyl groups excluding tert-OH is 1. The molecule has 0 aliphatic heterocycles. The van der Waals surface area contributed by atoms with Gasteiger partial charge in [-0.1, -0.05) is 66.7 Å². The van der Waals surface area contributed by atoms with Crippen LogP contribution < -0.4 is 15.2 Å². The van der Waals surface area contributed by atoms with Crippen LogP contribution in [0.15, 0.2) is 78.9 Å². The van der Waals surface area contributed by atoms with Crippen LogP contribution in [0.4, 0.5) is 0 Å². The molecule has 5 heteroatoms. The van der Waals surface area contributed by atoms with E-state index < -0.39 is 12.1 Å². The summed E-state index contributed by atoms with van der Waals surface area (Å²) in [5.74, 6) is 1.30. The highest BCUT2D eigenvalue weighted by Crippen LogP contribution is 2.32. The monoisotopic (exact) mass is 413 g/mol. The zero-order valence-electron chi connectivity index (χ0n) is 16.5. The Bertz CT molecular complexity index is 859. The Hall–Kier alpha value is -2.53. The summed E-state index contributed by atoms with van der Waals surface area (Å²) in [6.45, 7) is 2.91. The van der Waals surface area contributed by atoms with E-state index in [4.69, 9.17) is 15.2 Å². The molecule has 4 nitrogen and oxygen atoms in total. The molecule has 0 aliphatic rings. The van der Waals surface area contributed by atoms with Crippen molar-refractivity contribution in [2.45, 2.75) is 32.1 Å². The van der Waals surface area contributed by atoms with Crippen molar-refractivity contribution in [2.75, 3.05) is 6.61 Å². The van der Waals surface area contributed by atoms with Gasteiger partial charge in [0.15, 0.2) is 11.5 Å². The fourth-order valence-electron chi connectivity index (χ4n) is 3.06. The van der Waals surface area contributed by atoms with E-state index in [0.717, 1.165) is 16.7 Å². The molecule has 0 saturated heterocycles. The van der Waals surface area contributed by atoms with Gasteiger partial charge >= 0.3 is 0 Å². The maximum absolute atomic E-state index is 10.6. The molecule has 0 aromatic heterocycles. The molecule has 29 heavy (non-hydrogen) atoms. The lowest BCUT2D eigenvalue weighted by atomic mass is 9.96. The molecule has 0 fully saturated rings. The number of benzene rings is 3. The van der Waals surface area contributed by atoms with Crippen LogP contribution in [0.5, 0.6) is 11.5 Å². The minimum atomic E-state index is -0.687. The fraction of sp³-hybridized carbons (Fsp3) is 0.250. The lowest BCUT2D eigenvalue weighted by molar-refractivity contribution is 0.145. The van der Waals surface area contributed by atoms with Crippen LogP contribution in [0.3, 0.4) is 0 Å². The number of rotatable bonds is 9. The predicted molar refractivity (Wildman–Crippen MR) is 119 cm³/mol. The molecule has 154 valence electrons. The SMILES string of the molecule is CCOc1cc([C@@H](N)[C@@H](O)Cc2ccccc2)ccc1OCc1ccccc1.Cl. The molecule has 3 N–H and O–H groups in total. The van der Waals surface area contributed by atoms with Crippen molar-refractivity contribution in [3.63, 3.8) is 0 Å². The van der Waals surface area contributed by atoms with Crippen LogP contribution in [0.2, 0.25) is 0 Å². The summed E-state index contributed by atoms with van der Waals surface area (Å²) in [7, 11) is 0. The third kappa shape index (κ3) is 6.50. The summed E-state index contributed by atoms with van der Waals surface area (Å²) in [6.07, 6.45) is -0.189. The van der Waals surface area contributed by atoms with Gasteiger partial charge in [-0.15, -0.1) is 12.4 Å². The number of nitrogens with two attached hydrogens (primary N) is 1. The van der Waals surface area contributed by atoms with Gasteiger partial charge in [-0.05, 0) is 35.7 Å². The first-order valence-corrected chi connectivity index (χ1v) is 9.58. The van der Waals surface area contributed by atoms with E-state index in [2.05, 4.69) is 0 Å². The number of aliphatic hydroxyl groups is 1.